The molecular formula is C12H13NO4S. The SMILES string of the molecule is CCS(=O)(=O)c1cccc2c1C1(CNC1)OC2=O. The minimum atomic E-state index is -3.35. The molecule has 0 aliphatic carbocycles. The van der Waals surface area contributed by atoms with Crippen molar-refractivity contribution in [1.82, 2.24) is 5.32 Å². The summed E-state index contributed by atoms with van der Waals surface area (Å²) < 4.78 is 29.6. The topological polar surface area (TPSA) is 72.5 Å². The second-order valence-corrected chi connectivity index (χ2v) is 6.82. The molecule has 2 aliphatic rings. The first-order chi connectivity index (χ1) is 8.50. The molecule has 1 fully saturated rings. The van der Waals surface area contributed by atoms with E-state index >= 15 is 0 Å². The fraction of sp³-hybridized carbons (Fsp3) is 0.417. The maximum absolute atomic E-state index is 12.1. The molecule has 0 saturated carbocycles. The van der Waals surface area contributed by atoms with Gasteiger partial charge in [0.05, 0.1) is 16.2 Å². The number of nitrogens with one attached hydrogen (secondary N) is 1. The number of esters is 1. The van der Waals surface area contributed by atoms with E-state index in [0.717, 1.165) is 0 Å². The Morgan fingerprint density at radius 2 is 2.11 bits per heavy atom. The first-order valence-electron chi connectivity index (χ1n) is 5.80. The van der Waals surface area contributed by atoms with Gasteiger partial charge < -0.3 is 10.1 Å². The first kappa shape index (κ1) is 11.7. The minimum absolute atomic E-state index is 0.0150. The number of fused-ring (bicyclic) bond motifs is 2. The summed E-state index contributed by atoms with van der Waals surface area (Å²) in [7, 11) is -3.35. The summed E-state index contributed by atoms with van der Waals surface area (Å²) in [4.78, 5) is 12.0. The first-order valence-corrected chi connectivity index (χ1v) is 7.46. The Balaban J connectivity index is 2.29. The number of rotatable bonds is 2. The van der Waals surface area contributed by atoms with E-state index in [1.807, 2.05) is 0 Å². The monoisotopic (exact) mass is 267 g/mol. The van der Waals surface area contributed by atoms with Crippen LogP contribution in [0.2, 0.25) is 0 Å². The van der Waals surface area contributed by atoms with Gasteiger partial charge in [0, 0.05) is 18.7 Å². The number of benzene rings is 1. The van der Waals surface area contributed by atoms with Crippen LogP contribution in [0.1, 0.15) is 22.8 Å². The molecule has 1 aromatic rings. The molecule has 2 aliphatic heterocycles. The number of sulfone groups is 1. The number of ether oxygens (including phenoxy) is 1. The van der Waals surface area contributed by atoms with Crippen molar-refractivity contribution >= 4 is 15.8 Å². The molecule has 0 radical (unpaired) electrons. The van der Waals surface area contributed by atoms with Crippen molar-refractivity contribution in [3.05, 3.63) is 29.3 Å². The van der Waals surface area contributed by atoms with Crippen LogP contribution in [0.5, 0.6) is 0 Å². The largest absolute Gasteiger partial charge is 0.448 e. The van der Waals surface area contributed by atoms with Crippen molar-refractivity contribution in [3.63, 3.8) is 0 Å². The quantitative estimate of drug-likeness (QED) is 0.788. The van der Waals surface area contributed by atoms with Gasteiger partial charge >= 0.3 is 5.97 Å². The Hall–Kier alpha value is -1.40. The van der Waals surface area contributed by atoms with E-state index < -0.39 is 21.4 Å². The highest BCUT2D eigenvalue weighted by Crippen LogP contribution is 2.42. The fourth-order valence-electron chi connectivity index (χ4n) is 2.47. The lowest BCUT2D eigenvalue weighted by Crippen LogP contribution is -2.57. The average molecular weight is 267 g/mol. The average Bonchev–Trinajstić information content (AvgIpc) is 2.63. The minimum Gasteiger partial charge on any atom is -0.448 e. The third kappa shape index (κ3) is 1.36. The molecule has 18 heavy (non-hydrogen) atoms. The zero-order valence-corrected chi connectivity index (χ0v) is 10.7. The van der Waals surface area contributed by atoms with Crippen LogP contribution in [0, 0.1) is 0 Å². The smallest absolute Gasteiger partial charge is 0.339 e. The van der Waals surface area contributed by atoms with Gasteiger partial charge in [0.2, 0.25) is 0 Å². The van der Waals surface area contributed by atoms with Crippen LogP contribution in [-0.4, -0.2) is 33.2 Å². The molecule has 1 aromatic carbocycles. The summed E-state index contributed by atoms with van der Waals surface area (Å²) >= 11 is 0. The van der Waals surface area contributed by atoms with Gasteiger partial charge in [-0.05, 0) is 12.1 Å². The predicted octanol–water partition coefficient (Wildman–Crippen LogP) is 0.449. The van der Waals surface area contributed by atoms with Crippen LogP contribution in [0.15, 0.2) is 23.1 Å². The Morgan fingerprint density at radius 1 is 1.39 bits per heavy atom. The molecule has 96 valence electrons. The number of carbonyl (C=O) groups is 1. The predicted molar refractivity (Wildman–Crippen MR) is 64.1 cm³/mol. The van der Waals surface area contributed by atoms with Crippen LogP contribution >= 0.6 is 0 Å². The van der Waals surface area contributed by atoms with Gasteiger partial charge in [0.15, 0.2) is 15.4 Å². The van der Waals surface area contributed by atoms with Crippen LogP contribution in [0.3, 0.4) is 0 Å². The molecular weight excluding hydrogens is 254 g/mol. The molecule has 1 spiro atoms. The number of carbonyl (C=O) groups excluding carboxylic acids is 1. The Kier molecular flexibility index (Phi) is 2.30. The summed E-state index contributed by atoms with van der Waals surface area (Å²) in [6.07, 6.45) is 0. The number of hydrogen-bond donors (Lipinski definition) is 1. The molecule has 0 unspecified atom stereocenters. The van der Waals surface area contributed by atoms with E-state index in [1.54, 1.807) is 25.1 Å². The van der Waals surface area contributed by atoms with E-state index in [0.29, 0.717) is 24.2 Å². The fourth-order valence-corrected chi connectivity index (χ4v) is 3.67. The molecule has 1 N–H and O–H groups in total. The lowest BCUT2D eigenvalue weighted by Gasteiger charge is -2.38. The molecule has 0 bridgehead atoms. The van der Waals surface area contributed by atoms with Crippen LogP contribution < -0.4 is 5.32 Å². The van der Waals surface area contributed by atoms with Crippen LogP contribution in [0.25, 0.3) is 0 Å². The van der Waals surface area contributed by atoms with E-state index in [4.69, 9.17) is 4.74 Å². The zero-order valence-electron chi connectivity index (χ0n) is 9.89. The summed E-state index contributed by atoms with van der Waals surface area (Å²) in [6.45, 7) is 2.54. The maximum atomic E-state index is 12.1. The Bertz CT molecular complexity index is 631. The molecule has 3 rings (SSSR count). The Morgan fingerprint density at radius 3 is 2.67 bits per heavy atom. The van der Waals surface area contributed by atoms with Gasteiger partial charge in [-0.25, -0.2) is 13.2 Å². The lowest BCUT2D eigenvalue weighted by atomic mass is 9.87. The molecule has 6 heteroatoms. The highest BCUT2D eigenvalue weighted by molar-refractivity contribution is 7.91. The summed E-state index contributed by atoms with van der Waals surface area (Å²) in [5, 5.41) is 3.03. The van der Waals surface area contributed by atoms with Gasteiger partial charge in [-0.2, -0.15) is 0 Å². The zero-order chi connectivity index (χ0) is 13.0. The van der Waals surface area contributed by atoms with E-state index in [-0.39, 0.29) is 10.6 Å². The van der Waals surface area contributed by atoms with Gasteiger partial charge in [-0.1, -0.05) is 13.0 Å². The van der Waals surface area contributed by atoms with E-state index in [2.05, 4.69) is 5.32 Å². The van der Waals surface area contributed by atoms with Crippen molar-refractivity contribution in [2.75, 3.05) is 18.8 Å². The molecule has 0 aromatic heterocycles. The Labute approximate surface area is 105 Å². The summed E-state index contributed by atoms with van der Waals surface area (Å²) in [5.74, 6) is -0.416. The molecule has 1 saturated heterocycles. The molecule has 5 nitrogen and oxygen atoms in total. The number of hydrogen-bond acceptors (Lipinski definition) is 5. The second-order valence-electron chi connectivity index (χ2n) is 4.57. The van der Waals surface area contributed by atoms with Gasteiger partial charge in [-0.15, -0.1) is 0 Å². The van der Waals surface area contributed by atoms with Crippen molar-refractivity contribution in [2.24, 2.45) is 0 Å². The highest BCUT2D eigenvalue weighted by atomic mass is 32.2. The normalized spacial score (nSPS) is 20.4. The van der Waals surface area contributed by atoms with Crippen molar-refractivity contribution in [1.29, 1.82) is 0 Å². The maximum Gasteiger partial charge on any atom is 0.339 e. The van der Waals surface area contributed by atoms with Gasteiger partial charge in [-0.3, -0.25) is 0 Å². The van der Waals surface area contributed by atoms with Crippen molar-refractivity contribution < 1.29 is 17.9 Å². The molecule has 2 heterocycles. The second kappa shape index (κ2) is 3.55. The van der Waals surface area contributed by atoms with Crippen molar-refractivity contribution in [2.45, 2.75) is 17.4 Å². The molecule has 0 amide bonds. The van der Waals surface area contributed by atoms with Crippen LogP contribution in [0.4, 0.5) is 0 Å². The highest BCUT2D eigenvalue weighted by Gasteiger charge is 2.52. The van der Waals surface area contributed by atoms with E-state index in [1.165, 1.54) is 0 Å². The van der Waals surface area contributed by atoms with Crippen LogP contribution in [-0.2, 0) is 20.2 Å². The summed E-state index contributed by atoms with van der Waals surface area (Å²) in [5.41, 5.74) is 0.146. The van der Waals surface area contributed by atoms with Gasteiger partial charge in [0.1, 0.15) is 0 Å². The molecule has 0 atom stereocenters. The third-order valence-electron chi connectivity index (χ3n) is 3.53. The van der Waals surface area contributed by atoms with E-state index in [9.17, 15) is 13.2 Å². The summed E-state index contributed by atoms with van der Waals surface area (Å²) in [6, 6.07) is 4.77. The third-order valence-corrected chi connectivity index (χ3v) is 5.30. The van der Waals surface area contributed by atoms with Gasteiger partial charge in [0.25, 0.3) is 0 Å². The standard InChI is InChI=1S/C12H13NO4S/c1-2-18(15,16)9-5-3-4-8-10(9)12(6-13-7-12)17-11(8)14/h3-5,13H,2,6-7H2,1H3. The lowest BCUT2D eigenvalue weighted by molar-refractivity contribution is -0.0382. The van der Waals surface area contributed by atoms with Crippen molar-refractivity contribution in [3.8, 4) is 0 Å².